The molecule has 46 heavy (non-hydrogen) atoms. The Morgan fingerprint density at radius 1 is 0.587 bits per heavy atom. The van der Waals surface area contributed by atoms with Crippen molar-refractivity contribution in [1.82, 2.24) is 0 Å². The van der Waals surface area contributed by atoms with Crippen LogP contribution in [0.1, 0.15) is 130 Å². The highest BCUT2D eigenvalue weighted by Crippen LogP contribution is 2.41. The Morgan fingerprint density at radius 2 is 0.826 bits per heavy atom. The van der Waals surface area contributed by atoms with E-state index in [9.17, 15) is 24.4 Å². The normalized spacial score (nSPS) is 14.4. The van der Waals surface area contributed by atoms with Gasteiger partial charge < -0.3 is 19.3 Å². The van der Waals surface area contributed by atoms with Crippen LogP contribution in [0.4, 0.5) is 0 Å². The molecule has 2 N–H and O–H groups in total. The highest BCUT2D eigenvalue weighted by atomic mass is 31.1. The Balaban J connectivity index is 2.13. The fourth-order valence-electron chi connectivity index (χ4n) is 4.95. The topological polar surface area (TPSA) is 110 Å². The van der Waals surface area contributed by atoms with E-state index in [1.807, 2.05) is 107 Å². The van der Waals surface area contributed by atoms with Gasteiger partial charge in [-0.1, -0.05) is 83.1 Å². The van der Waals surface area contributed by atoms with E-state index in [1.165, 1.54) is 0 Å². The first-order valence-corrected chi connectivity index (χ1v) is 16.9. The Bertz CT molecular complexity index is 1360. The van der Waals surface area contributed by atoms with Crippen LogP contribution in [0.2, 0.25) is 0 Å². The molecule has 2 aromatic rings. The summed E-state index contributed by atoms with van der Waals surface area (Å²) in [5.74, 6) is -0.230. The van der Waals surface area contributed by atoms with Crippen LogP contribution < -0.4 is 0 Å². The van der Waals surface area contributed by atoms with Gasteiger partial charge >= 0.3 is 8.25 Å². The third-order valence-electron chi connectivity index (χ3n) is 7.78. The number of hydrogen-bond acceptors (Lipinski definition) is 7. The van der Waals surface area contributed by atoms with Crippen molar-refractivity contribution >= 4 is 32.0 Å². The van der Waals surface area contributed by atoms with Gasteiger partial charge in [0.2, 0.25) is 0 Å². The Labute approximate surface area is 277 Å². The van der Waals surface area contributed by atoms with Gasteiger partial charge in [-0.05, 0) is 94.2 Å². The first kappa shape index (κ1) is 39.2. The first-order chi connectivity index (χ1) is 20.7. The second-order valence-electron chi connectivity index (χ2n) is 16.3. The largest absolute Gasteiger partial charge is 0.507 e. The standard InChI is InChI=1S/C38H55O7P/c1-23(15-25-17-27(35(3,4)5)33(41)28(18-25)36(6,7)8)31(39)21-44-46(43)45-22-32(40)24(2)16-26-19-29(37(9,10)11)34(42)30(20-26)38(12,13)14/h15-20,41-42,46H,21-22H2,1-14H3/b23-15+,24-16+. The molecular formula is C38H55O7P. The summed E-state index contributed by atoms with van der Waals surface area (Å²) in [6.07, 6.45) is 3.45. The van der Waals surface area contributed by atoms with Crippen molar-refractivity contribution in [2.45, 2.75) is 119 Å². The molecule has 254 valence electrons. The lowest BCUT2D eigenvalue weighted by atomic mass is 9.78. The van der Waals surface area contributed by atoms with E-state index >= 15 is 0 Å². The third kappa shape index (κ3) is 10.5. The van der Waals surface area contributed by atoms with E-state index < -0.39 is 21.5 Å². The maximum atomic E-state index is 12.8. The minimum absolute atomic E-state index is 0.257. The van der Waals surface area contributed by atoms with Gasteiger partial charge in [0.1, 0.15) is 24.7 Å². The predicted molar refractivity (Wildman–Crippen MR) is 189 cm³/mol. The zero-order valence-electron chi connectivity index (χ0n) is 30.3. The maximum Gasteiger partial charge on any atom is 0.320 e. The monoisotopic (exact) mass is 654 g/mol. The molecule has 0 unspecified atom stereocenters. The molecule has 0 saturated carbocycles. The van der Waals surface area contributed by atoms with E-state index in [1.54, 1.807) is 26.0 Å². The summed E-state index contributed by atoms with van der Waals surface area (Å²) in [5.41, 5.74) is 4.21. The summed E-state index contributed by atoms with van der Waals surface area (Å²) in [7, 11) is -3.12. The summed E-state index contributed by atoms with van der Waals surface area (Å²) in [6.45, 7) is 26.6. The summed E-state index contributed by atoms with van der Waals surface area (Å²) in [5, 5.41) is 21.9. The van der Waals surface area contributed by atoms with Crippen molar-refractivity contribution in [3.8, 4) is 11.5 Å². The molecule has 2 aromatic carbocycles. The molecule has 0 spiro atoms. The van der Waals surface area contributed by atoms with Gasteiger partial charge in [-0.3, -0.25) is 14.2 Å². The van der Waals surface area contributed by atoms with E-state index in [4.69, 9.17) is 9.05 Å². The zero-order chi connectivity index (χ0) is 35.6. The van der Waals surface area contributed by atoms with Gasteiger partial charge in [0, 0.05) is 22.3 Å². The molecule has 0 radical (unpaired) electrons. The van der Waals surface area contributed by atoms with Crippen LogP contribution in [0, 0.1) is 0 Å². The van der Waals surface area contributed by atoms with Gasteiger partial charge in [-0.2, -0.15) is 0 Å². The molecule has 2 rings (SSSR count). The van der Waals surface area contributed by atoms with Gasteiger partial charge in [0.15, 0.2) is 11.6 Å². The SMILES string of the molecule is C/C(=C\c1cc(C(C)(C)C)c(O)c(C(C)(C)C)c1)C(=O)CO[PH](=O)OCC(=O)/C(C)=C/c1cc(C(C)(C)C)c(O)c(C(C)(C)C)c1. The molecular weight excluding hydrogens is 599 g/mol. The third-order valence-corrected chi connectivity index (χ3v) is 8.54. The van der Waals surface area contributed by atoms with Crippen molar-refractivity contribution in [2.24, 2.45) is 0 Å². The number of aromatic hydroxyl groups is 2. The molecule has 0 amide bonds. The second-order valence-corrected chi connectivity index (χ2v) is 17.3. The number of carbonyl (C=O) groups excluding carboxylic acids is 2. The van der Waals surface area contributed by atoms with E-state index in [2.05, 4.69) is 0 Å². The minimum Gasteiger partial charge on any atom is -0.507 e. The van der Waals surface area contributed by atoms with Crippen LogP contribution in [-0.2, 0) is 44.9 Å². The molecule has 0 aromatic heterocycles. The quantitative estimate of drug-likeness (QED) is 0.194. The highest BCUT2D eigenvalue weighted by molar-refractivity contribution is 7.33. The molecule has 0 aliphatic rings. The molecule has 8 heteroatoms. The molecule has 7 nitrogen and oxygen atoms in total. The average molecular weight is 655 g/mol. The van der Waals surface area contributed by atoms with Crippen LogP contribution in [0.3, 0.4) is 0 Å². The lowest BCUT2D eigenvalue weighted by molar-refractivity contribution is -0.117. The molecule has 0 aliphatic heterocycles. The molecule has 0 bridgehead atoms. The molecule has 0 aliphatic carbocycles. The Morgan fingerprint density at radius 3 is 1.04 bits per heavy atom. The highest BCUT2D eigenvalue weighted by Gasteiger charge is 2.28. The number of phenols is 2. The van der Waals surface area contributed by atoms with Gasteiger partial charge in [0.05, 0.1) is 0 Å². The first-order valence-electron chi connectivity index (χ1n) is 15.7. The van der Waals surface area contributed by atoms with E-state index in [0.717, 1.165) is 33.4 Å². The molecule has 0 heterocycles. The molecule has 0 fully saturated rings. The van der Waals surface area contributed by atoms with Crippen molar-refractivity contribution in [1.29, 1.82) is 0 Å². The van der Waals surface area contributed by atoms with Crippen LogP contribution in [0.5, 0.6) is 11.5 Å². The predicted octanol–water partition coefficient (Wildman–Crippen LogP) is 9.36. The fourth-order valence-corrected chi connectivity index (χ4v) is 5.53. The number of carbonyl (C=O) groups is 2. The van der Waals surface area contributed by atoms with Crippen molar-refractivity contribution < 1.29 is 33.4 Å². The summed E-state index contributed by atoms with van der Waals surface area (Å²) in [4.78, 5) is 25.7. The van der Waals surface area contributed by atoms with Gasteiger partial charge in [-0.25, -0.2) is 0 Å². The van der Waals surface area contributed by atoms with E-state index in [0.29, 0.717) is 11.1 Å². The number of Topliss-reactive ketones (excluding diaryl/α,β-unsaturated/α-hetero) is 2. The number of hydrogen-bond donors (Lipinski definition) is 2. The van der Waals surface area contributed by atoms with Crippen molar-refractivity contribution in [2.75, 3.05) is 13.2 Å². The van der Waals surface area contributed by atoms with Gasteiger partial charge in [-0.15, -0.1) is 0 Å². The smallest absolute Gasteiger partial charge is 0.320 e. The van der Waals surface area contributed by atoms with Crippen LogP contribution in [0.15, 0.2) is 35.4 Å². The second kappa shape index (κ2) is 14.4. The Hall–Kier alpha value is -2.99. The number of phenolic OH excluding ortho intramolecular Hbond substituents is 2. The lowest BCUT2D eigenvalue weighted by Crippen LogP contribution is -2.17. The van der Waals surface area contributed by atoms with Crippen LogP contribution >= 0.6 is 8.25 Å². The summed E-state index contributed by atoms with van der Waals surface area (Å²) in [6, 6.07) is 7.51. The van der Waals surface area contributed by atoms with Crippen molar-refractivity contribution in [3.63, 3.8) is 0 Å². The lowest BCUT2D eigenvalue weighted by Gasteiger charge is -2.28. The van der Waals surface area contributed by atoms with E-state index in [-0.39, 0.29) is 44.7 Å². The fraction of sp³-hybridized carbons (Fsp3) is 0.526. The molecule has 0 saturated heterocycles. The Kier molecular flexibility index (Phi) is 12.3. The van der Waals surface area contributed by atoms with Crippen molar-refractivity contribution in [3.05, 3.63) is 68.8 Å². The zero-order valence-corrected chi connectivity index (χ0v) is 31.3. The molecule has 0 atom stereocenters. The summed E-state index contributed by atoms with van der Waals surface area (Å²) >= 11 is 0. The minimum atomic E-state index is -3.12. The number of benzene rings is 2. The summed E-state index contributed by atoms with van der Waals surface area (Å²) < 4.78 is 22.9. The maximum absolute atomic E-state index is 12.8. The van der Waals surface area contributed by atoms with Crippen LogP contribution in [-0.4, -0.2) is 35.0 Å². The number of ketones is 2. The van der Waals surface area contributed by atoms with Gasteiger partial charge in [0.25, 0.3) is 0 Å². The number of rotatable bonds is 10. The average Bonchev–Trinajstić information content (AvgIpc) is 2.89. The van der Waals surface area contributed by atoms with Crippen LogP contribution in [0.25, 0.3) is 12.2 Å².